The molecule has 92 valence electrons. The average Bonchev–Trinajstić information content (AvgIpc) is 3.05. The maximum atomic E-state index is 13.3. The van der Waals surface area contributed by atoms with E-state index in [1.165, 1.54) is 12.3 Å². The van der Waals surface area contributed by atoms with E-state index in [0.717, 1.165) is 27.5 Å². The van der Waals surface area contributed by atoms with E-state index in [4.69, 9.17) is 0 Å². The van der Waals surface area contributed by atoms with Gasteiger partial charge in [0.1, 0.15) is 11.5 Å². The number of halogens is 1. The Balaban J connectivity index is 2.06. The van der Waals surface area contributed by atoms with Gasteiger partial charge in [-0.2, -0.15) is 11.3 Å². The van der Waals surface area contributed by atoms with Crippen molar-refractivity contribution in [3.63, 3.8) is 0 Å². The van der Waals surface area contributed by atoms with E-state index in [0.29, 0.717) is 5.65 Å². The quantitative estimate of drug-likeness (QED) is 0.568. The first-order valence-electron chi connectivity index (χ1n) is 5.77. The Morgan fingerprint density at radius 3 is 2.89 bits per heavy atom. The van der Waals surface area contributed by atoms with Gasteiger partial charge in [0.05, 0.1) is 23.6 Å². The zero-order chi connectivity index (χ0) is 12.8. The Labute approximate surface area is 111 Å². The van der Waals surface area contributed by atoms with Crippen LogP contribution in [0.5, 0.6) is 0 Å². The molecule has 0 unspecified atom stereocenters. The monoisotopic (exact) mass is 269 g/mol. The molecule has 4 aromatic heterocycles. The topological polar surface area (TPSA) is 41.6 Å². The van der Waals surface area contributed by atoms with Crippen molar-refractivity contribution in [2.45, 2.75) is 0 Å². The van der Waals surface area contributed by atoms with E-state index in [-0.39, 0.29) is 5.82 Å². The Kier molecular flexibility index (Phi) is 2.16. The minimum Gasteiger partial charge on any atom is -0.338 e. The van der Waals surface area contributed by atoms with Gasteiger partial charge in [-0.25, -0.2) is 9.37 Å². The van der Waals surface area contributed by atoms with E-state index < -0.39 is 0 Å². The van der Waals surface area contributed by atoms with Crippen molar-refractivity contribution in [1.29, 1.82) is 0 Å². The molecule has 0 aromatic carbocycles. The summed E-state index contributed by atoms with van der Waals surface area (Å²) in [4.78, 5) is 11.6. The summed E-state index contributed by atoms with van der Waals surface area (Å²) in [6, 6.07) is 5.49. The number of nitrogens with zero attached hydrogens (tertiary/aromatic N) is 2. The molecule has 0 saturated heterocycles. The third-order valence-corrected chi connectivity index (χ3v) is 3.80. The van der Waals surface area contributed by atoms with Gasteiger partial charge in [0.25, 0.3) is 0 Å². The highest BCUT2D eigenvalue weighted by atomic mass is 32.1. The number of rotatable bonds is 1. The molecule has 3 nitrogen and oxygen atoms in total. The molecule has 0 aliphatic heterocycles. The molecule has 0 radical (unpaired) electrons. The second-order valence-corrected chi connectivity index (χ2v) is 5.08. The molecule has 0 fully saturated rings. The summed E-state index contributed by atoms with van der Waals surface area (Å²) in [7, 11) is 0. The third kappa shape index (κ3) is 1.62. The largest absolute Gasteiger partial charge is 0.338 e. The lowest BCUT2D eigenvalue weighted by Gasteiger charge is -1.97. The summed E-state index contributed by atoms with van der Waals surface area (Å²) in [5.41, 5.74) is 3.51. The molecule has 0 aliphatic rings. The minimum atomic E-state index is -0.331. The van der Waals surface area contributed by atoms with Crippen molar-refractivity contribution in [3.05, 3.63) is 47.2 Å². The highest BCUT2D eigenvalue weighted by molar-refractivity contribution is 7.08. The van der Waals surface area contributed by atoms with E-state index in [1.54, 1.807) is 17.5 Å². The molecule has 0 aliphatic carbocycles. The molecule has 4 rings (SSSR count). The molecule has 0 bridgehead atoms. The number of nitrogens with one attached hydrogen (secondary N) is 1. The van der Waals surface area contributed by atoms with Crippen LogP contribution in [-0.4, -0.2) is 15.0 Å². The van der Waals surface area contributed by atoms with Crippen LogP contribution in [0.1, 0.15) is 0 Å². The summed E-state index contributed by atoms with van der Waals surface area (Å²) >= 11 is 1.63. The van der Waals surface area contributed by atoms with Crippen molar-refractivity contribution in [3.8, 4) is 11.3 Å². The minimum absolute atomic E-state index is 0.331. The Morgan fingerprint density at radius 2 is 2.05 bits per heavy atom. The van der Waals surface area contributed by atoms with Gasteiger partial charge in [-0.3, -0.25) is 4.98 Å². The number of H-pyrrole nitrogens is 1. The SMILES string of the molecule is Fc1cnc2[nH]c3cnc(-c4ccsc4)cc3c2c1. The van der Waals surface area contributed by atoms with Crippen LogP contribution >= 0.6 is 11.3 Å². The predicted molar refractivity (Wildman–Crippen MR) is 74.7 cm³/mol. The van der Waals surface area contributed by atoms with Crippen molar-refractivity contribution < 1.29 is 4.39 Å². The van der Waals surface area contributed by atoms with Gasteiger partial charge in [-0.1, -0.05) is 0 Å². The molecule has 5 heteroatoms. The maximum absolute atomic E-state index is 13.3. The van der Waals surface area contributed by atoms with Gasteiger partial charge in [-0.05, 0) is 23.6 Å². The van der Waals surface area contributed by atoms with Gasteiger partial charge in [0.2, 0.25) is 0 Å². The summed E-state index contributed by atoms with van der Waals surface area (Å²) < 4.78 is 13.3. The van der Waals surface area contributed by atoms with Crippen LogP contribution < -0.4 is 0 Å². The standard InChI is InChI=1S/C14H8FN3S/c15-9-3-11-10-4-12(8-1-2-19-7-8)16-6-13(10)18-14(11)17-5-9/h1-7H,(H,17,18). The second kappa shape index (κ2) is 3.86. The van der Waals surface area contributed by atoms with Crippen LogP contribution in [0.4, 0.5) is 4.39 Å². The molecule has 1 N–H and O–H groups in total. The lowest BCUT2D eigenvalue weighted by Crippen LogP contribution is -1.80. The first-order chi connectivity index (χ1) is 9.31. The molecular weight excluding hydrogens is 261 g/mol. The number of hydrogen-bond donors (Lipinski definition) is 1. The summed E-state index contributed by atoms with van der Waals surface area (Å²) in [6.45, 7) is 0. The van der Waals surface area contributed by atoms with Crippen LogP contribution in [0, 0.1) is 5.82 Å². The fourth-order valence-electron chi connectivity index (χ4n) is 2.22. The van der Waals surface area contributed by atoms with Crippen LogP contribution in [0.15, 0.2) is 41.4 Å². The van der Waals surface area contributed by atoms with Crippen molar-refractivity contribution in [1.82, 2.24) is 15.0 Å². The number of aromatic nitrogens is 3. The van der Waals surface area contributed by atoms with E-state index in [1.807, 2.05) is 22.9 Å². The third-order valence-electron chi connectivity index (χ3n) is 3.12. The second-order valence-electron chi connectivity index (χ2n) is 4.30. The highest BCUT2D eigenvalue weighted by Gasteiger charge is 2.09. The van der Waals surface area contributed by atoms with Crippen LogP contribution in [-0.2, 0) is 0 Å². The van der Waals surface area contributed by atoms with E-state index in [9.17, 15) is 4.39 Å². The van der Waals surface area contributed by atoms with Crippen molar-refractivity contribution in [2.24, 2.45) is 0 Å². The van der Waals surface area contributed by atoms with Gasteiger partial charge < -0.3 is 4.98 Å². The smallest absolute Gasteiger partial charge is 0.142 e. The normalized spacial score (nSPS) is 11.4. The number of pyridine rings is 2. The van der Waals surface area contributed by atoms with Crippen LogP contribution in [0.3, 0.4) is 0 Å². The first kappa shape index (κ1) is 10.6. The molecule has 4 aromatic rings. The van der Waals surface area contributed by atoms with Crippen LogP contribution in [0.2, 0.25) is 0 Å². The lowest BCUT2D eigenvalue weighted by molar-refractivity contribution is 0.624. The molecule has 4 heterocycles. The first-order valence-corrected chi connectivity index (χ1v) is 6.71. The van der Waals surface area contributed by atoms with E-state index >= 15 is 0 Å². The Morgan fingerprint density at radius 1 is 1.11 bits per heavy atom. The van der Waals surface area contributed by atoms with Crippen LogP contribution in [0.25, 0.3) is 33.2 Å². The van der Waals surface area contributed by atoms with Gasteiger partial charge >= 0.3 is 0 Å². The summed E-state index contributed by atoms with van der Waals surface area (Å²) in [5.74, 6) is -0.331. The zero-order valence-corrected chi connectivity index (χ0v) is 10.5. The molecule has 0 amide bonds. The number of fused-ring (bicyclic) bond motifs is 3. The van der Waals surface area contributed by atoms with Crippen molar-refractivity contribution >= 4 is 33.3 Å². The Hall–Kier alpha value is -2.27. The Bertz CT molecular complexity index is 880. The summed E-state index contributed by atoms with van der Waals surface area (Å²) in [5, 5.41) is 5.78. The maximum Gasteiger partial charge on any atom is 0.142 e. The highest BCUT2D eigenvalue weighted by Crippen LogP contribution is 2.28. The zero-order valence-electron chi connectivity index (χ0n) is 9.72. The molecule has 19 heavy (non-hydrogen) atoms. The lowest BCUT2D eigenvalue weighted by atomic mass is 10.1. The molecular formula is C14H8FN3S. The number of aromatic amines is 1. The molecule has 0 atom stereocenters. The molecule has 0 spiro atoms. The van der Waals surface area contributed by atoms with E-state index in [2.05, 4.69) is 15.0 Å². The predicted octanol–water partition coefficient (Wildman–Crippen LogP) is 3.98. The number of thiophene rings is 1. The van der Waals surface area contributed by atoms with Gasteiger partial charge in [-0.15, -0.1) is 0 Å². The van der Waals surface area contributed by atoms with Gasteiger partial charge in [0.15, 0.2) is 0 Å². The summed E-state index contributed by atoms with van der Waals surface area (Å²) in [6.07, 6.45) is 2.98. The fraction of sp³-hybridized carbons (Fsp3) is 0. The average molecular weight is 269 g/mol. The van der Waals surface area contributed by atoms with Crippen molar-refractivity contribution in [2.75, 3.05) is 0 Å². The number of hydrogen-bond acceptors (Lipinski definition) is 3. The van der Waals surface area contributed by atoms with Gasteiger partial charge in [0, 0.05) is 21.7 Å². The molecule has 0 saturated carbocycles. The fourth-order valence-corrected chi connectivity index (χ4v) is 2.87.